The van der Waals surface area contributed by atoms with Crippen molar-refractivity contribution >= 4 is 33.3 Å². The lowest BCUT2D eigenvalue weighted by atomic mass is 10.2. The van der Waals surface area contributed by atoms with Crippen LogP contribution in [0.2, 0.25) is 0 Å². The van der Waals surface area contributed by atoms with Gasteiger partial charge in [-0.05, 0) is 36.8 Å². The van der Waals surface area contributed by atoms with Gasteiger partial charge in [0.25, 0.3) is 5.56 Å². The summed E-state index contributed by atoms with van der Waals surface area (Å²) in [5, 5.41) is 5.25. The quantitative estimate of drug-likeness (QED) is 0.482. The fourth-order valence-electron chi connectivity index (χ4n) is 2.97. The number of thiazole rings is 1. The molecular weight excluding hydrogens is 410 g/mol. The van der Waals surface area contributed by atoms with Gasteiger partial charge in [-0.3, -0.25) is 9.59 Å². The zero-order valence-electron chi connectivity index (χ0n) is 15.6. The van der Waals surface area contributed by atoms with Gasteiger partial charge in [-0.2, -0.15) is 0 Å². The number of nitrogens with one attached hydrogen (secondary N) is 2. The zero-order valence-corrected chi connectivity index (χ0v) is 16.4. The van der Waals surface area contributed by atoms with Crippen LogP contribution in [-0.4, -0.2) is 20.9 Å². The second-order valence-corrected chi connectivity index (χ2v) is 7.46. The monoisotopic (exact) mass is 426 g/mol. The number of carbonyl (C=O) groups is 1. The summed E-state index contributed by atoms with van der Waals surface area (Å²) >= 11 is 1.20. The van der Waals surface area contributed by atoms with Crippen LogP contribution in [-0.2, 0) is 11.2 Å². The van der Waals surface area contributed by atoms with Crippen LogP contribution in [0.1, 0.15) is 18.7 Å². The first-order chi connectivity index (χ1) is 14.5. The van der Waals surface area contributed by atoms with Crippen LogP contribution in [0.3, 0.4) is 0 Å². The Morgan fingerprint density at radius 2 is 1.93 bits per heavy atom. The molecule has 0 aliphatic rings. The third-order valence-corrected chi connectivity index (χ3v) is 5.20. The van der Waals surface area contributed by atoms with Crippen molar-refractivity contribution in [2.75, 3.05) is 5.32 Å². The Labute approximate surface area is 173 Å². The molecule has 2 aromatic heterocycles. The number of aromatic nitrogens is 3. The van der Waals surface area contributed by atoms with E-state index in [9.17, 15) is 18.4 Å². The number of aromatic amines is 1. The lowest BCUT2D eigenvalue weighted by molar-refractivity contribution is -0.116. The maximum Gasteiger partial charge on any atom is 0.258 e. The van der Waals surface area contributed by atoms with Crippen LogP contribution in [0.4, 0.5) is 13.9 Å². The molecule has 0 aliphatic heterocycles. The summed E-state index contributed by atoms with van der Waals surface area (Å²) in [4.78, 5) is 35.6. The molecule has 2 N–H and O–H groups in total. The van der Waals surface area contributed by atoms with Gasteiger partial charge in [0.1, 0.15) is 5.82 Å². The van der Waals surface area contributed by atoms with Crippen LogP contribution in [0, 0.1) is 11.6 Å². The fourth-order valence-corrected chi connectivity index (χ4v) is 3.71. The van der Waals surface area contributed by atoms with Gasteiger partial charge in [-0.1, -0.05) is 12.1 Å². The number of para-hydroxylation sites is 1. The largest absolute Gasteiger partial charge is 0.310 e. The number of carbonyl (C=O) groups excluding carboxylic acids is 1. The Kier molecular flexibility index (Phi) is 5.62. The standard InChI is InChI=1S/C21H16F2N4O2S/c22-14-9-8-12(10-15(14)23)17-11-30-21(25-17)27-19(28)7-3-6-18-24-16-5-2-1-4-13(16)20(29)26-18/h1-2,4-5,8-11H,3,6-7H2,(H,24,26,29)(H,25,27,28). The molecule has 0 spiro atoms. The highest BCUT2D eigenvalue weighted by atomic mass is 32.1. The van der Waals surface area contributed by atoms with E-state index in [1.807, 2.05) is 6.07 Å². The van der Waals surface area contributed by atoms with E-state index in [1.54, 1.807) is 23.6 Å². The van der Waals surface area contributed by atoms with Gasteiger partial charge in [0.15, 0.2) is 16.8 Å². The van der Waals surface area contributed by atoms with E-state index >= 15 is 0 Å². The Hall–Kier alpha value is -3.46. The second kappa shape index (κ2) is 8.50. The third kappa shape index (κ3) is 4.41. The van der Waals surface area contributed by atoms with Crippen LogP contribution >= 0.6 is 11.3 Å². The van der Waals surface area contributed by atoms with Gasteiger partial charge >= 0.3 is 0 Å². The molecule has 0 radical (unpaired) electrons. The molecule has 9 heteroatoms. The van der Waals surface area contributed by atoms with Crippen molar-refractivity contribution in [2.24, 2.45) is 0 Å². The first kappa shape index (κ1) is 19.8. The van der Waals surface area contributed by atoms with E-state index in [0.717, 1.165) is 12.1 Å². The van der Waals surface area contributed by atoms with Gasteiger partial charge in [0, 0.05) is 23.8 Å². The first-order valence-electron chi connectivity index (χ1n) is 9.18. The van der Waals surface area contributed by atoms with Crippen LogP contribution in [0.15, 0.2) is 52.6 Å². The van der Waals surface area contributed by atoms with Crippen molar-refractivity contribution < 1.29 is 13.6 Å². The van der Waals surface area contributed by atoms with Crippen molar-refractivity contribution in [2.45, 2.75) is 19.3 Å². The number of benzene rings is 2. The number of rotatable bonds is 6. The lowest BCUT2D eigenvalue weighted by Gasteiger charge is -2.04. The fraction of sp³-hybridized carbons (Fsp3) is 0.143. The van der Waals surface area contributed by atoms with E-state index in [0.29, 0.717) is 46.0 Å². The van der Waals surface area contributed by atoms with Gasteiger partial charge in [0.05, 0.1) is 16.6 Å². The molecule has 6 nitrogen and oxygen atoms in total. The molecule has 0 bridgehead atoms. The number of hydrogen-bond donors (Lipinski definition) is 2. The molecule has 2 aromatic carbocycles. The summed E-state index contributed by atoms with van der Waals surface area (Å²) in [5.74, 6) is -1.58. The Morgan fingerprint density at radius 1 is 1.10 bits per heavy atom. The SMILES string of the molecule is O=C(CCCc1nc2ccccc2c(=O)[nH]1)Nc1nc(-c2ccc(F)c(F)c2)cs1. The van der Waals surface area contributed by atoms with E-state index in [4.69, 9.17) is 0 Å². The predicted molar refractivity (Wildman–Crippen MR) is 111 cm³/mol. The molecule has 0 saturated carbocycles. The highest BCUT2D eigenvalue weighted by molar-refractivity contribution is 7.14. The van der Waals surface area contributed by atoms with Crippen molar-refractivity contribution in [3.63, 3.8) is 0 Å². The summed E-state index contributed by atoms with van der Waals surface area (Å²) in [6.07, 6.45) is 1.16. The van der Waals surface area contributed by atoms with Gasteiger partial charge in [-0.15, -0.1) is 11.3 Å². The molecule has 1 amide bonds. The van der Waals surface area contributed by atoms with Gasteiger partial charge in [0.2, 0.25) is 5.91 Å². The minimum absolute atomic E-state index is 0.201. The highest BCUT2D eigenvalue weighted by Gasteiger charge is 2.11. The third-order valence-electron chi connectivity index (χ3n) is 4.45. The second-order valence-electron chi connectivity index (χ2n) is 6.60. The van der Waals surface area contributed by atoms with Gasteiger partial charge < -0.3 is 10.3 Å². The number of anilines is 1. The molecule has 2 heterocycles. The molecule has 30 heavy (non-hydrogen) atoms. The van der Waals surface area contributed by atoms with E-state index < -0.39 is 11.6 Å². The number of aryl methyl sites for hydroxylation is 1. The highest BCUT2D eigenvalue weighted by Crippen LogP contribution is 2.26. The van der Waals surface area contributed by atoms with Crippen LogP contribution in [0.25, 0.3) is 22.2 Å². The lowest BCUT2D eigenvalue weighted by Crippen LogP contribution is -2.14. The summed E-state index contributed by atoms with van der Waals surface area (Å²) in [5.41, 5.74) is 1.30. The van der Waals surface area contributed by atoms with Gasteiger partial charge in [-0.25, -0.2) is 18.7 Å². The number of hydrogen-bond acceptors (Lipinski definition) is 5. The molecule has 0 fully saturated rings. The molecule has 0 unspecified atom stereocenters. The summed E-state index contributed by atoms with van der Waals surface area (Å²) in [7, 11) is 0. The average molecular weight is 426 g/mol. The summed E-state index contributed by atoms with van der Waals surface area (Å²) in [6, 6.07) is 10.6. The smallest absolute Gasteiger partial charge is 0.258 e. The van der Waals surface area contributed by atoms with Crippen molar-refractivity contribution in [3.8, 4) is 11.3 Å². The molecule has 4 aromatic rings. The van der Waals surface area contributed by atoms with Crippen LogP contribution < -0.4 is 10.9 Å². The number of fused-ring (bicyclic) bond motifs is 1. The van der Waals surface area contributed by atoms with Crippen molar-refractivity contribution in [1.29, 1.82) is 0 Å². The van der Waals surface area contributed by atoms with E-state index in [2.05, 4.69) is 20.3 Å². The first-order valence-corrected chi connectivity index (χ1v) is 10.1. The van der Waals surface area contributed by atoms with Crippen molar-refractivity contribution in [1.82, 2.24) is 15.0 Å². The minimum atomic E-state index is -0.952. The number of H-pyrrole nitrogens is 1. The number of amides is 1. The zero-order chi connectivity index (χ0) is 21.1. The topological polar surface area (TPSA) is 87.7 Å². The number of halogens is 2. The van der Waals surface area contributed by atoms with E-state index in [-0.39, 0.29) is 17.9 Å². The van der Waals surface area contributed by atoms with Crippen LogP contribution in [0.5, 0.6) is 0 Å². The Morgan fingerprint density at radius 3 is 2.77 bits per heavy atom. The molecular formula is C21H16F2N4O2S. The molecule has 152 valence electrons. The summed E-state index contributed by atoms with van der Waals surface area (Å²) in [6.45, 7) is 0. The molecule has 4 rings (SSSR count). The average Bonchev–Trinajstić information content (AvgIpc) is 3.18. The number of nitrogens with zero attached hydrogens (tertiary/aromatic N) is 2. The molecule has 0 saturated heterocycles. The van der Waals surface area contributed by atoms with Crippen molar-refractivity contribution in [3.05, 3.63) is 75.7 Å². The predicted octanol–water partition coefficient (Wildman–Crippen LogP) is 4.29. The molecule has 0 aliphatic carbocycles. The Bertz CT molecular complexity index is 1290. The summed E-state index contributed by atoms with van der Waals surface area (Å²) < 4.78 is 26.4. The maximum atomic E-state index is 13.4. The minimum Gasteiger partial charge on any atom is -0.310 e. The maximum absolute atomic E-state index is 13.4. The van der Waals surface area contributed by atoms with E-state index in [1.165, 1.54) is 17.4 Å². The normalized spacial score (nSPS) is 11.0. The Balaban J connectivity index is 1.34. The molecule has 0 atom stereocenters.